The van der Waals surface area contributed by atoms with Crippen LogP contribution >= 0.6 is 0 Å². The molecule has 2 aliphatic rings. The van der Waals surface area contributed by atoms with Crippen LogP contribution < -0.4 is 10.1 Å². The Kier molecular flexibility index (Phi) is 6.95. The van der Waals surface area contributed by atoms with Gasteiger partial charge in [-0.3, -0.25) is 9.69 Å². The van der Waals surface area contributed by atoms with Crippen LogP contribution in [0.25, 0.3) is 0 Å². The smallest absolute Gasteiger partial charge is 0.246 e. The minimum atomic E-state index is -3.64. The number of likely N-dealkylation sites (tertiary alicyclic amines) is 1. The van der Waals surface area contributed by atoms with E-state index in [0.717, 1.165) is 32.2 Å². The van der Waals surface area contributed by atoms with Crippen molar-refractivity contribution in [3.05, 3.63) is 18.2 Å². The van der Waals surface area contributed by atoms with E-state index in [4.69, 9.17) is 4.74 Å². The highest BCUT2D eigenvalue weighted by Crippen LogP contribution is 2.31. The Balaban J connectivity index is 1.77. The Morgan fingerprint density at radius 2 is 1.89 bits per heavy atom. The SMILES string of the molecule is CCOc1ccc(NC(=O)CN2CCCC[C@H]2C)cc1S(=O)(=O)N1CCCC1. The topological polar surface area (TPSA) is 79.0 Å². The third-order valence-corrected chi connectivity index (χ3v) is 7.42. The average molecular weight is 410 g/mol. The van der Waals surface area contributed by atoms with Gasteiger partial charge in [-0.1, -0.05) is 6.42 Å². The van der Waals surface area contributed by atoms with Crippen LogP contribution in [-0.2, 0) is 14.8 Å². The van der Waals surface area contributed by atoms with Gasteiger partial charge in [0.05, 0.1) is 13.2 Å². The highest BCUT2D eigenvalue weighted by atomic mass is 32.2. The summed E-state index contributed by atoms with van der Waals surface area (Å²) in [5.74, 6) is 0.208. The zero-order valence-electron chi connectivity index (χ0n) is 16.8. The van der Waals surface area contributed by atoms with E-state index in [9.17, 15) is 13.2 Å². The Labute approximate surface area is 168 Å². The number of nitrogens with zero attached hydrogens (tertiary/aromatic N) is 2. The molecular formula is C20H31N3O4S. The highest BCUT2D eigenvalue weighted by molar-refractivity contribution is 7.89. The summed E-state index contributed by atoms with van der Waals surface area (Å²) >= 11 is 0. The molecule has 1 atom stereocenters. The molecule has 1 amide bonds. The molecule has 0 spiro atoms. The van der Waals surface area contributed by atoms with Crippen LogP contribution in [0.5, 0.6) is 5.75 Å². The van der Waals surface area contributed by atoms with Crippen LogP contribution in [0.2, 0.25) is 0 Å². The second kappa shape index (κ2) is 9.24. The number of sulfonamides is 1. The predicted octanol–water partition coefficient (Wildman–Crippen LogP) is 2.68. The number of anilines is 1. The molecule has 7 nitrogen and oxygen atoms in total. The van der Waals surface area contributed by atoms with E-state index in [1.165, 1.54) is 16.8 Å². The van der Waals surface area contributed by atoms with E-state index < -0.39 is 10.0 Å². The molecule has 1 aromatic carbocycles. The Hall–Kier alpha value is -1.64. The Bertz CT molecular complexity index is 791. The number of hydrogen-bond acceptors (Lipinski definition) is 5. The van der Waals surface area contributed by atoms with Crippen molar-refractivity contribution in [2.75, 3.05) is 38.1 Å². The number of benzene rings is 1. The molecule has 0 aromatic heterocycles. The largest absolute Gasteiger partial charge is 0.492 e. The molecule has 0 unspecified atom stereocenters. The molecule has 0 saturated carbocycles. The number of rotatable bonds is 7. The first kappa shape index (κ1) is 21.1. The van der Waals surface area contributed by atoms with Gasteiger partial charge in [-0.05, 0) is 64.3 Å². The summed E-state index contributed by atoms with van der Waals surface area (Å²) in [6.45, 7) is 6.64. The van der Waals surface area contributed by atoms with Crippen molar-refractivity contribution in [2.45, 2.75) is 56.9 Å². The molecule has 1 aromatic rings. The Morgan fingerprint density at radius 3 is 2.57 bits per heavy atom. The monoisotopic (exact) mass is 409 g/mol. The zero-order valence-corrected chi connectivity index (χ0v) is 17.6. The molecule has 2 heterocycles. The number of piperidine rings is 1. The molecule has 28 heavy (non-hydrogen) atoms. The molecule has 0 bridgehead atoms. The van der Waals surface area contributed by atoms with E-state index in [0.29, 0.717) is 43.7 Å². The average Bonchev–Trinajstić information content (AvgIpc) is 3.20. The maximum Gasteiger partial charge on any atom is 0.246 e. The van der Waals surface area contributed by atoms with E-state index in [1.807, 2.05) is 6.92 Å². The van der Waals surface area contributed by atoms with Gasteiger partial charge in [0.2, 0.25) is 15.9 Å². The van der Waals surface area contributed by atoms with Crippen molar-refractivity contribution >= 4 is 21.6 Å². The van der Waals surface area contributed by atoms with Gasteiger partial charge in [-0.25, -0.2) is 8.42 Å². The summed E-state index contributed by atoms with van der Waals surface area (Å²) in [4.78, 5) is 14.8. The summed E-state index contributed by atoms with van der Waals surface area (Å²) in [6, 6.07) is 5.25. The van der Waals surface area contributed by atoms with Crippen molar-refractivity contribution in [3.63, 3.8) is 0 Å². The van der Waals surface area contributed by atoms with Crippen LogP contribution in [0.4, 0.5) is 5.69 Å². The van der Waals surface area contributed by atoms with Crippen molar-refractivity contribution in [1.82, 2.24) is 9.21 Å². The van der Waals surface area contributed by atoms with Crippen LogP contribution in [0.15, 0.2) is 23.1 Å². The summed E-state index contributed by atoms with van der Waals surface area (Å²) in [5, 5.41) is 2.86. The standard InChI is InChI=1S/C20H31N3O4S/c1-3-27-18-10-9-17(14-19(18)28(25,26)23-12-6-7-13-23)21-20(24)15-22-11-5-4-8-16(22)2/h9-10,14,16H,3-8,11-13,15H2,1-2H3,(H,21,24)/t16-/m1/s1. The summed E-state index contributed by atoms with van der Waals surface area (Å²) in [6.07, 6.45) is 5.16. The van der Waals surface area contributed by atoms with Gasteiger partial charge in [-0.2, -0.15) is 4.31 Å². The van der Waals surface area contributed by atoms with Crippen molar-refractivity contribution in [3.8, 4) is 5.75 Å². The number of amides is 1. The summed E-state index contributed by atoms with van der Waals surface area (Å²) < 4.78 is 33.1. The fourth-order valence-electron chi connectivity index (χ4n) is 3.91. The van der Waals surface area contributed by atoms with Crippen LogP contribution in [-0.4, -0.2) is 62.4 Å². The van der Waals surface area contributed by atoms with Gasteiger partial charge in [0.1, 0.15) is 10.6 Å². The lowest BCUT2D eigenvalue weighted by Gasteiger charge is -2.32. The van der Waals surface area contributed by atoms with Crippen molar-refractivity contribution < 1.29 is 17.9 Å². The molecule has 156 valence electrons. The van der Waals surface area contributed by atoms with Gasteiger partial charge in [0.15, 0.2) is 0 Å². The van der Waals surface area contributed by atoms with E-state index in [-0.39, 0.29) is 10.8 Å². The van der Waals surface area contributed by atoms with Crippen molar-refractivity contribution in [2.24, 2.45) is 0 Å². The number of carbonyl (C=O) groups excluding carboxylic acids is 1. The molecular weight excluding hydrogens is 378 g/mol. The molecule has 0 aliphatic carbocycles. The molecule has 8 heteroatoms. The maximum absolute atomic E-state index is 13.1. The Morgan fingerprint density at radius 1 is 1.18 bits per heavy atom. The highest BCUT2D eigenvalue weighted by Gasteiger charge is 2.30. The number of nitrogens with one attached hydrogen (secondary N) is 1. The van der Waals surface area contributed by atoms with E-state index in [1.54, 1.807) is 12.1 Å². The molecule has 2 fully saturated rings. The lowest BCUT2D eigenvalue weighted by Crippen LogP contribution is -2.42. The fourth-order valence-corrected chi connectivity index (χ4v) is 5.58. The number of ether oxygens (including phenoxy) is 1. The van der Waals surface area contributed by atoms with Crippen LogP contribution in [0.3, 0.4) is 0 Å². The lowest BCUT2D eigenvalue weighted by molar-refractivity contribution is -0.118. The fraction of sp³-hybridized carbons (Fsp3) is 0.650. The normalized spacial score (nSPS) is 21.6. The second-order valence-corrected chi connectivity index (χ2v) is 9.48. The molecule has 2 saturated heterocycles. The predicted molar refractivity (Wildman–Crippen MR) is 109 cm³/mol. The van der Waals surface area contributed by atoms with Crippen LogP contribution in [0, 0.1) is 0 Å². The van der Waals surface area contributed by atoms with Gasteiger partial charge >= 0.3 is 0 Å². The van der Waals surface area contributed by atoms with Gasteiger partial charge in [-0.15, -0.1) is 0 Å². The lowest BCUT2D eigenvalue weighted by atomic mass is 10.0. The molecule has 2 aliphatic heterocycles. The first-order chi connectivity index (χ1) is 13.4. The minimum Gasteiger partial charge on any atom is -0.492 e. The van der Waals surface area contributed by atoms with E-state index >= 15 is 0 Å². The number of carbonyl (C=O) groups is 1. The third kappa shape index (κ3) is 4.85. The summed E-state index contributed by atoms with van der Waals surface area (Å²) in [7, 11) is -3.64. The second-order valence-electron chi connectivity index (χ2n) is 7.57. The third-order valence-electron chi connectivity index (χ3n) is 5.50. The van der Waals surface area contributed by atoms with E-state index in [2.05, 4.69) is 17.1 Å². The van der Waals surface area contributed by atoms with Gasteiger partial charge in [0, 0.05) is 24.8 Å². The molecule has 0 radical (unpaired) electrons. The molecule has 3 rings (SSSR count). The first-order valence-electron chi connectivity index (χ1n) is 10.2. The zero-order chi connectivity index (χ0) is 20.1. The minimum absolute atomic E-state index is 0.123. The maximum atomic E-state index is 13.1. The van der Waals surface area contributed by atoms with Crippen molar-refractivity contribution in [1.29, 1.82) is 0 Å². The quantitative estimate of drug-likeness (QED) is 0.749. The first-order valence-corrected chi connectivity index (χ1v) is 11.7. The van der Waals surface area contributed by atoms with Gasteiger partial charge < -0.3 is 10.1 Å². The summed E-state index contributed by atoms with van der Waals surface area (Å²) in [5.41, 5.74) is 0.482. The molecule has 1 N–H and O–H groups in total. The van der Waals surface area contributed by atoms with Crippen LogP contribution in [0.1, 0.15) is 46.0 Å². The number of hydrogen-bond donors (Lipinski definition) is 1. The van der Waals surface area contributed by atoms with Gasteiger partial charge in [0.25, 0.3) is 0 Å².